The monoisotopic (exact) mass is 818 g/mol. The average Bonchev–Trinajstić information content (AvgIpc) is 3.76. The van der Waals surface area contributed by atoms with Crippen LogP contribution in [0.4, 0.5) is 0 Å². The van der Waals surface area contributed by atoms with Crippen LogP contribution >= 0.6 is 0 Å². The van der Waals surface area contributed by atoms with Crippen LogP contribution in [-0.2, 0) is 10.8 Å². The van der Waals surface area contributed by atoms with Crippen LogP contribution in [0.15, 0.2) is 182 Å². The molecule has 0 atom stereocenters. The van der Waals surface area contributed by atoms with Crippen LogP contribution < -0.4 is 0 Å². The predicted molar refractivity (Wildman–Crippen MR) is 276 cm³/mol. The summed E-state index contributed by atoms with van der Waals surface area (Å²) in [6, 6.07) is 69.7. The molecule has 0 saturated heterocycles. The van der Waals surface area contributed by atoms with E-state index in [0.717, 1.165) is 0 Å². The zero-order chi connectivity index (χ0) is 43.2. The van der Waals surface area contributed by atoms with Crippen LogP contribution in [0.25, 0.3) is 109 Å². The lowest BCUT2D eigenvalue weighted by molar-refractivity contribution is 0.281. The molecule has 0 nitrogen and oxygen atoms in total. The fraction of sp³-hybridized carbons (Fsp3) is 0.156. The van der Waals surface area contributed by atoms with Gasteiger partial charge in [-0.1, -0.05) is 199 Å². The number of hydrogen-bond acceptors (Lipinski definition) is 0. The van der Waals surface area contributed by atoms with Gasteiger partial charge in [0.05, 0.1) is 0 Å². The molecule has 0 heterocycles. The minimum atomic E-state index is -0.118. The molecule has 0 fully saturated rings. The van der Waals surface area contributed by atoms with Crippen LogP contribution in [0.5, 0.6) is 0 Å². The van der Waals surface area contributed by atoms with E-state index in [9.17, 15) is 0 Å². The molecule has 0 saturated carbocycles. The van der Waals surface area contributed by atoms with E-state index in [2.05, 4.69) is 224 Å². The summed E-state index contributed by atoms with van der Waals surface area (Å²) < 4.78 is 0. The van der Waals surface area contributed by atoms with Gasteiger partial charge in [-0.3, -0.25) is 0 Å². The maximum atomic E-state index is 2.50. The van der Waals surface area contributed by atoms with Crippen molar-refractivity contribution in [3.05, 3.63) is 204 Å². The van der Waals surface area contributed by atoms with Gasteiger partial charge >= 0.3 is 0 Å². The molecular formula is C64H50. The highest BCUT2D eigenvalue weighted by molar-refractivity contribution is 6.29. The Kier molecular flexibility index (Phi) is 7.77. The Bertz CT molecular complexity index is 3750. The first-order valence-electron chi connectivity index (χ1n) is 23.3. The summed E-state index contributed by atoms with van der Waals surface area (Å²) in [6.07, 6.45) is 0. The molecule has 0 unspecified atom stereocenters. The van der Waals surface area contributed by atoms with Gasteiger partial charge in [0, 0.05) is 10.8 Å². The van der Waals surface area contributed by atoms with Gasteiger partial charge in [0.2, 0.25) is 0 Å². The molecule has 64 heavy (non-hydrogen) atoms. The molecule has 0 bridgehead atoms. The highest BCUT2D eigenvalue weighted by Gasteiger charge is 2.47. The zero-order valence-electron chi connectivity index (χ0n) is 37.5. The second-order valence-electron chi connectivity index (χ2n) is 19.9. The Hall–Kier alpha value is -7.02. The van der Waals surface area contributed by atoms with Gasteiger partial charge in [0.15, 0.2) is 0 Å². The highest BCUT2D eigenvalue weighted by atomic mass is 14.5. The second kappa shape index (κ2) is 13.3. The minimum absolute atomic E-state index is 0.0154. The Morgan fingerprint density at radius 2 is 0.750 bits per heavy atom. The van der Waals surface area contributed by atoms with E-state index in [0.29, 0.717) is 11.8 Å². The molecule has 306 valence electrons. The lowest BCUT2D eigenvalue weighted by Crippen LogP contribution is -2.37. The van der Waals surface area contributed by atoms with Gasteiger partial charge in [-0.25, -0.2) is 0 Å². The van der Waals surface area contributed by atoms with Crippen LogP contribution in [0.3, 0.4) is 0 Å². The Labute approximate surface area is 375 Å². The summed E-state index contributed by atoms with van der Waals surface area (Å²) in [6.45, 7) is 14.5. The van der Waals surface area contributed by atoms with E-state index < -0.39 is 0 Å². The van der Waals surface area contributed by atoms with Crippen LogP contribution in [-0.4, -0.2) is 0 Å². The Morgan fingerprint density at radius 1 is 0.312 bits per heavy atom. The number of benzene rings is 11. The number of fused-ring (bicyclic) bond motifs is 9. The molecule has 11 aromatic rings. The minimum Gasteiger partial charge on any atom is -0.0616 e. The molecule has 2 aliphatic rings. The Morgan fingerprint density at radius 3 is 1.33 bits per heavy atom. The van der Waals surface area contributed by atoms with E-state index >= 15 is 0 Å². The third-order valence-electron chi connectivity index (χ3n) is 16.0. The Balaban J connectivity index is 0.993. The highest BCUT2D eigenvalue weighted by Crippen LogP contribution is 2.58. The fourth-order valence-electron chi connectivity index (χ4n) is 13.2. The van der Waals surface area contributed by atoms with E-state index in [1.165, 1.54) is 131 Å². The van der Waals surface area contributed by atoms with Crippen molar-refractivity contribution >= 4 is 64.6 Å². The first kappa shape index (κ1) is 37.5. The van der Waals surface area contributed by atoms with Gasteiger partial charge < -0.3 is 0 Å². The lowest BCUT2D eigenvalue weighted by Gasteiger charge is -2.40. The number of hydrogen-bond donors (Lipinski definition) is 0. The largest absolute Gasteiger partial charge is 0.0616 e. The zero-order valence-corrected chi connectivity index (χ0v) is 37.5. The van der Waals surface area contributed by atoms with E-state index in [1.807, 2.05) is 0 Å². The van der Waals surface area contributed by atoms with Gasteiger partial charge in [0.1, 0.15) is 0 Å². The van der Waals surface area contributed by atoms with E-state index in [1.54, 1.807) is 0 Å². The molecule has 0 amide bonds. The average molecular weight is 819 g/mol. The molecular weight excluding hydrogens is 769 g/mol. The van der Waals surface area contributed by atoms with E-state index in [-0.39, 0.29) is 10.8 Å². The van der Waals surface area contributed by atoms with Gasteiger partial charge in [0.25, 0.3) is 0 Å². The van der Waals surface area contributed by atoms with Crippen LogP contribution in [0.2, 0.25) is 0 Å². The number of rotatable bonds is 5. The standard InChI is InChI=1S/C64H50/c1-37(2)64(38(3)4)57-23-13-21-46-45-30-27-41(34-52(45)51-22-14-24-58(64)62(51)61(46)57)42-28-31-55-53(35-42)54-36-44(29-32-56(54)63(55,5)6)60-49-19-11-9-17-47(49)59(48-18-10-12-20-50(48)60)43-26-25-39-15-7-8-16-40(39)33-43/h7-38H,1-6H3. The molecule has 0 spiro atoms. The summed E-state index contributed by atoms with van der Waals surface area (Å²) in [5.74, 6) is 0.946. The van der Waals surface area contributed by atoms with E-state index in [4.69, 9.17) is 0 Å². The van der Waals surface area contributed by atoms with Crippen LogP contribution in [0.1, 0.15) is 63.8 Å². The smallest absolute Gasteiger partial charge is 0.0261 e. The van der Waals surface area contributed by atoms with Gasteiger partial charge in [-0.2, -0.15) is 0 Å². The molecule has 0 heteroatoms. The molecule has 0 radical (unpaired) electrons. The molecule has 13 rings (SSSR count). The van der Waals surface area contributed by atoms with Crippen molar-refractivity contribution in [3.8, 4) is 44.5 Å². The quantitative estimate of drug-likeness (QED) is 0.120. The van der Waals surface area contributed by atoms with Crippen LogP contribution in [0, 0.1) is 11.8 Å². The maximum absolute atomic E-state index is 2.50. The van der Waals surface area contributed by atoms with Crippen molar-refractivity contribution in [1.82, 2.24) is 0 Å². The summed E-state index contributed by atoms with van der Waals surface area (Å²) in [7, 11) is 0. The molecule has 0 N–H and O–H groups in total. The van der Waals surface area contributed by atoms with Crippen molar-refractivity contribution in [2.24, 2.45) is 11.8 Å². The van der Waals surface area contributed by atoms with Gasteiger partial charge in [-0.05, 0) is 167 Å². The normalized spacial score (nSPS) is 14.6. The summed E-state index contributed by atoms with van der Waals surface area (Å²) >= 11 is 0. The predicted octanol–water partition coefficient (Wildman–Crippen LogP) is 17.8. The summed E-state index contributed by atoms with van der Waals surface area (Å²) in [4.78, 5) is 0. The molecule has 0 aliphatic heterocycles. The van der Waals surface area contributed by atoms with Gasteiger partial charge in [-0.15, -0.1) is 0 Å². The second-order valence-corrected chi connectivity index (χ2v) is 19.9. The topological polar surface area (TPSA) is 0 Å². The molecule has 2 aliphatic carbocycles. The van der Waals surface area contributed by atoms with Crippen molar-refractivity contribution in [2.75, 3.05) is 0 Å². The first-order valence-corrected chi connectivity index (χ1v) is 23.3. The molecule has 0 aromatic heterocycles. The summed E-state index contributed by atoms with van der Waals surface area (Å²) in [5.41, 5.74) is 16.0. The third-order valence-corrected chi connectivity index (χ3v) is 16.0. The first-order chi connectivity index (χ1) is 31.2. The summed E-state index contributed by atoms with van der Waals surface area (Å²) in [5, 5.41) is 16.0. The lowest BCUT2D eigenvalue weighted by atomic mass is 9.62. The SMILES string of the molecule is CC(C)C1(C(C)C)c2cccc3c4ccc(-c5ccc6c(c5)-c5cc(-c7c8ccccc8c(-c8ccc9ccccc9c8)c8ccccc78)ccc5C6(C)C)cc4c4cccc1c4c23. The van der Waals surface area contributed by atoms with Crippen molar-refractivity contribution in [1.29, 1.82) is 0 Å². The van der Waals surface area contributed by atoms with Crippen molar-refractivity contribution in [2.45, 2.75) is 52.4 Å². The molecule has 11 aromatic carbocycles. The third kappa shape index (κ3) is 4.84. The maximum Gasteiger partial charge on any atom is 0.0261 e. The van der Waals surface area contributed by atoms with Crippen molar-refractivity contribution < 1.29 is 0 Å². The van der Waals surface area contributed by atoms with Crippen molar-refractivity contribution in [3.63, 3.8) is 0 Å². The fourth-order valence-corrected chi connectivity index (χ4v) is 13.2.